The first-order valence-electron chi connectivity index (χ1n) is 4.10. The molecule has 0 saturated heterocycles. The minimum absolute atomic E-state index is 0.0434. The van der Waals surface area contributed by atoms with Gasteiger partial charge in [-0.05, 0) is 11.6 Å². The van der Waals surface area contributed by atoms with E-state index in [-0.39, 0.29) is 4.87 Å². The van der Waals surface area contributed by atoms with Crippen LogP contribution in [0.5, 0.6) is 0 Å². The van der Waals surface area contributed by atoms with Crippen LogP contribution in [0, 0.1) is 0 Å². The fraction of sp³-hybridized carbons (Fsp3) is 0.111. The maximum absolute atomic E-state index is 11.2. The van der Waals surface area contributed by atoms with Gasteiger partial charge in [0.1, 0.15) is 5.82 Å². The summed E-state index contributed by atoms with van der Waals surface area (Å²) < 4.78 is 1.64. The molecule has 0 atom stereocenters. The van der Waals surface area contributed by atoms with Crippen LogP contribution in [0.15, 0.2) is 34.7 Å². The Morgan fingerprint density at radius 1 is 1.50 bits per heavy atom. The summed E-state index contributed by atoms with van der Waals surface area (Å²) >= 11 is 1.19. The summed E-state index contributed by atoms with van der Waals surface area (Å²) in [7, 11) is 0. The van der Waals surface area contributed by atoms with Crippen LogP contribution in [-0.4, -0.2) is 9.55 Å². The first kappa shape index (κ1) is 8.96. The third-order valence-electron chi connectivity index (χ3n) is 1.84. The Bertz CT molecular complexity index is 471. The summed E-state index contributed by atoms with van der Waals surface area (Å²) in [6.45, 7) is 0.551. The number of nitrogens with zero attached hydrogens (tertiary/aromatic N) is 2. The van der Waals surface area contributed by atoms with Gasteiger partial charge in [-0.3, -0.25) is 4.79 Å². The molecular formula is C9H9N3OS. The van der Waals surface area contributed by atoms with E-state index in [4.69, 9.17) is 5.73 Å². The number of nitrogen functional groups attached to an aromatic ring is 1. The van der Waals surface area contributed by atoms with Gasteiger partial charge in [0.15, 0.2) is 0 Å². The molecule has 0 aromatic carbocycles. The summed E-state index contributed by atoms with van der Waals surface area (Å²) in [6, 6.07) is 3.60. The van der Waals surface area contributed by atoms with Crippen LogP contribution in [0.1, 0.15) is 5.56 Å². The van der Waals surface area contributed by atoms with E-state index in [0.29, 0.717) is 12.4 Å². The van der Waals surface area contributed by atoms with E-state index in [2.05, 4.69) is 4.98 Å². The molecule has 72 valence electrons. The average Bonchev–Trinajstić information content (AvgIpc) is 2.56. The lowest BCUT2D eigenvalue weighted by atomic mass is 10.3. The van der Waals surface area contributed by atoms with Gasteiger partial charge in [-0.25, -0.2) is 4.98 Å². The highest BCUT2D eigenvalue weighted by molar-refractivity contribution is 7.07. The number of anilines is 1. The van der Waals surface area contributed by atoms with Crippen LogP contribution in [0.3, 0.4) is 0 Å². The van der Waals surface area contributed by atoms with Crippen molar-refractivity contribution in [3.05, 3.63) is 45.1 Å². The van der Waals surface area contributed by atoms with Crippen LogP contribution in [0.25, 0.3) is 0 Å². The van der Waals surface area contributed by atoms with Crippen LogP contribution in [0.2, 0.25) is 0 Å². The van der Waals surface area contributed by atoms with E-state index in [9.17, 15) is 4.79 Å². The Balaban J connectivity index is 2.23. The van der Waals surface area contributed by atoms with Crippen LogP contribution in [0.4, 0.5) is 5.82 Å². The normalized spacial score (nSPS) is 10.3. The van der Waals surface area contributed by atoms with Gasteiger partial charge in [0.25, 0.3) is 0 Å². The molecule has 0 radical (unpaired) electrons. The molecule has 0 aliphatic heterocycles. The molecule has 2 rings (SSSR count). The molecule has 0 aliphatic rings. The van der Waals surface area contributed by atoms with Gasteiger partial charge in [-0.15, -0.1) is 0 Å². The molecule has 5 heteroatoms. The summed E-state index contributed by atoms with van der Waals surface area (Å²) in [5.74, 6) is 0.492. The van der Waals surface area contributed by atoms with Crippen molar-refractivity contribution in [2.24, 2.45) is 0 Å². The second kappa shape index (κ2) is 3.63. The van der Waals surface area contributed by atoms with Gasteiger partial charge in [0.05, 0.1) is 6.54 Å². The fourth-order valence-corrected chi connectivity index (χ4v) is 1.72. The fourth-order valence-electron chi connectivity index (χ4n) is 1.13. The van der Waals surface area contributed by atoms with Crippen molar-refractivity contribution in [1.29, 1.82) is 0 Å². The Morgan fingerprint density at radius 3 is 2.93 bits per heavy atom. The van der Waals surface area contributed by atoms with Gasteiger partial charge < -0.3 is 10.3 Å². The molecule has 0 saturated carbocycles. The van der Waals surface area contributed by atoms with E-state index < -0.39 is 0 Å². The van der Waals surface area contributed by atoms with Crippen molar-refractivity contribution in [3.63, 3.8) is 0 Å². The summed E-state index contributed by atoms with van der Waals surface area (Å²) in [6.07, 6.45) is 3.45. The molecule has 0 unspecified atom stereocenters. The Hall–Kier alpha value is -1.62. The predicted octanol–water partition coefficient (Wildman–Crippen LogP) is 0.935. The van der Waals surface area contributed by atoms with Crippen molar-refractivity contribution in [2.45, 2.75) is 6.54 Å². The highest BCUT2D eigenvalue weighted by Crippen LogP contribution is 2.03. The van der Waals surface area contributed by atoms with Crippen LogP contribution >= 0.6 is 11.3 Å². The Labute approximate surface area is 84.6 Å². The minimum Gasteiger partial charge on any atom is -0.384 e. The number of thiazole rings is 1. The molecular weight excluding hydrogens is 198 g/mol. The average molecular weight is 207 g/mol. The summed E-state index contributed by atoms with van der Waals surface area (Å²) in [5, 5.41) is 1.77. The molecule has 0 aliphatic carbocycles. The van der Waals surface area contributed by atoms with Crippen molar-refractivity contribution in [1.82, 2.24) is 9.55 Å². The number of nitrogens with two attached hydrogens (primary N) is 1. The second-order valence-electron chi connectivity index (χ2n) is 2.89. The smallest absolute Gasteiger partial charge is 0.307 e. The highest BCUT2D eigenvalue weighted by Gasteiger charge is 1.98. The SMILES string of the molecule is Nc1ccc(Cn2ccsc2=O)cn1. The minimum atomic E-state index is 0.0434. The van der Waals surface area contributed by atoms with E-state index in [0.717, 1.165) is 5.56 Å². The second-order valence-corrected chi connectivity index (χ2v) is 3.75. The number of hydrogen-bond donors (Lipinski definition) is 1. The van der Waals surface area contributed by atoms with Crippen molar-refractivity contribution < 1.29 is 0 Å². The molecule has 2 aromatic heterocycles. The van der Waals surface area contributed by atoms with Crippen molar-refractivity contribution in [2.75, 3.05) is 5.73 Å². The van der Waals surface area contributed by atoms with Gasteiger partial charge in [-0.2, -0.15) is 0 Å². The number of hydrogen-bond acceptors (Lipinski definition) is 4. The topological polar surface area (TPSA) is 60.9 Å². The lowest BCUT2D eigenvalue weighted by molar-refractivity contribution is 0.781. The first-order chi connectivity index (χ1) is 6.75. The van der Waals surface area contributed by atoms with E-state index in [1.165, 1.54) is 11.3 Å². The van der Waals surface area contributed by atoms with Crippen LogP contribution < -0.4 is 10.6 Å². The zero-order valence-electron chi connectivity index (χ0n) is 7.38. The zero-order chi connectivity index (χ0) is 9.97. The maximum atomic E-state index is 11.2. The Kier molecular flexibility index (Phi) is 2.32. The van der Waals surface area contributed by atoms with E-state index >= 15 is 0 Å². The third kappa shape index (κ3) is 1.82. The van der Waals surface area contributed by atoms with Crippen LogP contribution in [-0.2, 0) is 6.54 Å². The molecule has 0 amide bonds. The molecule has 0 bridgehead atoms. The third-order valence-corrected chi connectivity index (χ3v) is 2.54. The monoisotopic (exact) mass is 207 g/mol. The standard InChI is InChI=1S/C9H9N3OS/c10-8-2-1-7(5-11-8)6-12-3-4-14-9(12)13/h1-5H,6H2,(H2,10,11). The van der Waals surface area contributed by atoms with Gasteiger partial charge in [-0.1, -0.05) is 17.4 Å². The zero-order valence-corrected chi connectivity index (χ0v) is 8.20. The molecule has 0 fully saturated rings. The first-order valence-corrected chi connectivity index (χ1v) is 4.98. The lowest BCUT2D eigenvalue weighted by Gasteiger charge is -2.00. The predicted molar refractivity (Wildman–Crippen MR) is 56.3 cm³/mol. The number of pyridine rings is 1. The molecule has 2 aromatic rings. The van der Waals surface area contributed by atoms with Gasteiger partial charge in [0, 0.05) is 17.8 Å². The maximum Gasteiger partial charge on any atom is 0.307 e. The van der Waals surface area contributed by atoms with Gasteiger partial charge >= 0.3 is 4.87 Å². The van der Waals surface area contributed by atoms with Crippen molar-refractivity contribution >= 4 is 17.2 Å². The Morgan fingerprint density at radius 2 is 2.36 bits per heavy atom. The molecule has 2 heterocycles. The largest absolute Gasteiger partial charge is 0.384 e. The highest BCUT2D eigenvalue weighted by atomic mass is 32.1. The van der Waals surface area contributed by atoms with Crippen molar-refractivity contribution in [3.8, 4) is 0 Å². The molecule has 0 spiro atoms. The summed E-state index contributed by atoms with van der Waals surface area (Å²) in [4.78, 5) is 15.2. The van der Waals surface area contributed by atoms with Gasteiger partial charge in [0.2, 0.25) is 0 Å². The van der Waals surface area contributed by atoms with E-state index in [1.807, 2.05) is 6.07 Å². The molecule has 4 nitrogen and oxygen atoms in total. The number of aromatic nitrogens is 2. The van der Waals surface area contributed by atoms with E-state index in [1.54, 1.807) is 28.4 Å². The molecule has 14 heavy (non-hydrogen) atoms. The summed E-state index contributed by atoms with van der Waals surface area (Å²) in [5.41, 5.74) is 6.42. The lowest BCUT2D eigenvalue weighted by Crippen LogP contribution is -2.12. The number of rotatable bonds is 2. The quantitative estimate of drug-likeness (QED) is 0.797. The molecule has 2 N–H and O–H groups in total.